The van der Waals surface area contributed by atoms with E-state index in [1.807, 2.05) is 49.4 Å². The Balaban J connectivity index is 1.92. The van der Waals surface area contributed by atoms with Gasteiger partial charge in [-0.2, -0.15) is 0 Å². The highest BCUT2D eigenvalue weighted by molar-refractivity contribution is 6.10. The van der Waals surface area contributed by atoms with Crippen LogP contribution in [0.25, 0.3) is 22.3 Å². The van der Waals surface area contributed by atoms with Crippen LogP contribution in [0.2, 0.25) is 0 Å². The van der Waals surface area contributed by atoms with Gasteiger partial charge in [0, 0.05) is 23.1 Å². The topological polar surface area (TPSA) is 51.9 Å². The molecule has 1 aromatic heterocycles. The van der Waals surface area contributed by atoms with E-state index in [1.165, 1.54) is 19.3 Å². The second-order valence-corrected chi connectivity index (χ2v) is 7.35. The predicted molar refractivity (Wildman–Crippen MR) is 113 cm³/mol. The maximum absolute atomic E-state index is 13.0. The Kier molecular flexibility index (Phi) is 5.86. The molecule has 29 heavy (non-hydrogen) atoms. The summed E-state index contributed by atoms with van der Waals surface area (Å²) in [5, 5.41) is 0.798. The van der Waals surface area contributed by atoms with Crippen LogP contribution in [0.4, 0.5) is 0 Å². The van der Waals surface area contributed by atoms with E-state index in [1.54, 1.807) is 7.11 Å². The van der Waals surface area contributed by atoms with Crippen molar-refractivity contribution in [1.29, 1.82) is 0 Å². The normalized spacial score (nSPS) is 14.8. The molecule has 0 unspecified atom stereocenters. The van der Waals surface area contributed by atoms with Crippen LogP contribution in [0.15, 0.2) is 46.9 Å². The number of carbonyl (C=O) groups excluding carboxylic acids is 1. The van der Waals surface area contributed by atoms with Gasteiger partial charge in [0.05, 0.1) is 13.7 Å². The quantitative estimate of drug-likeness (QED) is 0.534. The molecule has 4 rings (SSSR count). The molecule has 2 aromatic carbocycles. The van der Waals surface area contributed by atoms with E-state index < -0.39 is 0 Å². The fourth-order valence-electron chi connectivity index (χ4n) is 4.12. The number of hydrogen-bond acceptors (Lipinski definition) is 5. The van der Waals surface area contributed by atoms with Crippen molar-refractivity contribution in [2.75, 3.05) is 26.8 Å². The zero-order chi connectivity index (χ0) is 20.2. The highest BCUT2D eigenvalue weighted by Gasteiger charge is 2.28. The predicted octanol–water partition coefficient (Wildman–Crippen LogP) is 5.27. The first kappa shape index (κ1) is 19.5. The second-order valence-electron chi connectivity index (χ2n) is 7.35. The van der Waals surface area contributed by atoms with Gasteiger partial charge in [-0.05, 0) is 45.0 Å². The van der Waals surface area contributed by atoms with Gasteiger partial charge in [0.2, 0.25) is 0 Å². The van der Waals surface area contributed by atoms with E-state index in [9.17, 15) is 4.79 Å². The van der Waals surface area contributed by atoms with Crippen molar-refractivity contribution in [2.45, 2.75) is 32.7 Å². The van der Waals surface area contributed by atoms with Crippen molar-refractivity contribution in [3.05, 3.63) is 53.6 Å². The Labute approximate surface area is 171 Å². The lowest BCUT2D eigenvalue weighted by Gasteiger charge is -2.27. The standard InChI is InChI=1S/C24H27NO4/c1-3-28-24(26)22-21-18(16-25-14-8-5-9-15-25)19(27-2)12-13-20(21)29-23(22)17-10-6-4-7-11-17/h4,6-7,10-13H,3,5,8-9,14-16H2,1-2H3. The molecule has 2 heterocycles. The highest BCUT2D eigenvalue weighted by atomic mass is 16.5. The minimum absolute atomic E-state index is 0.311. The molecule has 0 radical (unpaired) electrons. The van der Waals surface area contributed by atoms with Gasteiger partial charge in [0.1, 0.15) is 22.7 Å². The summed E-state index contributed by atoms with van der Waals surface area (Å²) in [5.41, 5.74) is 3.01. The first-order chi connectivity index (χ1) is 14.2. The van der Waals surface area contributed by atoms with Crippen LogP contribution in [-0.2, 0) is 11.3 Å². The molecule has 5 nitrogen and oxygen atoms in total. The molecule has 0 aliphatic carbocycles. The fourth-order valence-corrected chi connectivity index (χ4v) is 4.12. The number of likely N-dealkylation sites (tertiary alicyclic amines) is 1. The Hall–Kier alpha value is -2.79. The van der Waals surface area contributed by atoms with E-state index in [0.717, 1.165) is 41.9 Å². The largest absolute Gasteiger partial charge is 0.496 e. The van der Waals surface area contributed by atoms with Crippen molar-refractivity contribution in [1.82, 2.24) is 4.90 Å². The van der Waals surface area contributed by atoms with E-state index in [4.69, 9.17) is 13.9 Å². The smallest absolute Gasteiger partial charge is 0.342 e. The molecule has 0 bridgehead atoms. The molecule has 0 N–H and O–H groups in total. The van der Waals surface area contributed by atoms with Crippen LogP contribution in [0, 0.1) is 0 Å². The van der Waals surface area contributed by atoms with Crippen LogP contribution in [0.3, 0.4) is 0 Å². The number of piperidine rings is 1. The molecule has 0 amide bonds. The third-order valence-corrected chi connectivity index (χ3v) is 5.49. The summed E-state index contributed by atoms with van der Waals surface area (Å²) >= 11 is 0. The molecule has 0 spiro atoms. The van der Waals surface area contributed by atoms with Crippen molar-refractivity contribution in [3.63, 3.8) is 0 Å². The Morgan fingerprint density at radius 3 is 2.52 bits per heavy atom. The third-order valence-electron chi connectivity index (χ3n) is 5.49. The highest BCUT2D eigenvalue weighted by Crippen LogP contribution is 2.40. The monoisotopic (exact) mass is 393 g/mol. The van der Waals surface area contributed by atoms with Gasteiger partial charge in [0.15, 0.2) is 0 Å². The second kappa shape index (κ2) is 8.70. The van der Waals surface area contributed by atoms with Gasteiger partial charge in [-0.15, -0.1) is 0 Å². The minimum Gasteiger partial charge on any atom is -0.496 e. The number of fused-ring (bicyclic) bond motifs is 1. The number of hydrogen-bond donors (Lipinski definition) is 0. The third kappa shape index (κ3) is 3.87. The van der Waals surface area contributed by atoms with E-state index in [0.29, 0.717) is 23.5 Å². The molecular formula is C24H27NO4. The van der Waals surface area contributed by atoms with E-state index >= 15 is 0 Å². The molecule has 1 aliphatic heterocycles. The molecule has 0 saturated carbocycles. The van der Waals surface area contributed by atoms with Gasteiger partial charge in [0.25, 0.3) is 0 Å². The van der Waals surface area contributed by atoms with Crippen LogP contribution in [0.5, 0.6) is 5.75 Å². The Bertz CT molecular complexity index is 987. The lowest BCUT2D eigenvalue weighted by Crippen LogP contribution is -2.29. The van der Waals surface area contributed by atoms with Crippen molar-refractivity contribution in [2.24, 2.45) is 0 Å². The maximum atomic E-state index is 13.0. The number of ether oxygens (including phenoxy) is 2. The van der Waals surface area contributed by atoms with Gasteiger partial charge in [-0.3, -0.25) is 4.90 Å². The van der Waals surface area contributed by atoms with E-state index in [-0.39, 0.29) is 5.97 Å². The number of furan rings is 1. The molecule has 1 aliphatic rings. The maximum Gasteiger partial charge on any atom is 0.342 e. The van der Waals surface area contributed by atoms with Crippen molar-refractivity contribution < 1.29 is 18.7 Å². The minimum atomic E-state index is -0.363. The number of carbonyl (C=O) groups is 1. The summed E-state index contributed by atoms with van der Waals surface area (Å²) in [6.07, 6.45) is 3.67. The number of methoxy groups -OCH3 is 1. The molecule has 5 heteroatoms. The average molecular weight is 393 g/mol. The van der Waals surface area contributed by atoms with E-state index in [2.05, 4.69) is 4.90 Å². The lowest BCUT2D eigenvalue weighted by molar-refractivity contribution is 0.0528. The molecule has 0 atom stereocenters. The summed E-state index contributed by atoms with van der Waals surface area (Å²) in [5.74, 6) is 0.958. The summed E-state index contributed by atoms with van der Waals surface area (Å²) in [6, 6.07) is 13.5. The number of nitrogens with zero attached hydrogens (tertiary/aromatic N) is 1. The van der Waals surface area contributed by atoms with Crippen molar-refractivity contribution in [3.8, 4) is 17.1 Å². The van der Waals surface area contributed by atoms with Crippen LogP contribution < -0.4 is 4.74 Å². The zero-order valence-corrected chi connectivity index (χ0v) is 17.1. The molecule has 152 valence electrons. The number of rotatable bonds is 6. The van der Waals surface area contributed by atoms with Gasteiger partial charge in [-0.25, -0.2) is 4.79 Å². The fraction of sp³-hybridized carbons (Fsp3) is 0.375. The van der Waals surface area contributed by atoms with Crippen molar-refractivity contribution >= 4 is 16.9 Å². The molecular weight excluding hydrogens is 366 g/mol. The molecule has 3 aromatic rings. The number of benzene rings is 2. The lowest BCUT2D eigenvalue weighted by atomic mass is 9.99. The Morgan fingerprint density at radius 1 is 1.07 bits per heavy atom. The summed E-state index contributed by atoms with van der Waals surface area (Å²) in [6.45, 7) is 4.96. The first-order valence-electron chi connectivity index (χ1n) is 10.3. The molecule has 1 saturated heterocycles. The summed E-state index contributed by atoms with van der Waals surface area (Å²) in [4.78, 5) is 15.4. The first-order valence-corrected chi connectivity index (χ1v) is 10.3. The SMILES string of the molecule is CCOC(=O)c1c(-c2ccccc2)oc2ccc(OC)c(CN3CCCCC3)c12. The van der Waals surface area contributed by atoms with Crippen LogP contribution >= 0.6 is 0 Å². The zero-order valence-electron chi connectivity index (χ0n) is 17.1. The van der Waals surface area contributed by atoms with Crippen LogP contribution in [-0.4, -0.2) is 37.7 Å². The van der Waals surface area contributed by atoms with Gasteiger partial charge >= 0.3 is 5.97 Å². The van der Waals surface area contributed by atoms with Gasteiger partial charge in [-0.1, -0.05) is 36.8 Å². The summed E-state index contributed by atoms with van der Waals surface area (Å²) < 4.78 is 17.3. The number of esters is 1. The molecule has 1 fully saturated rings. The van der Waals surface area contributed by atoms with Crippen LogP contribution in [0.1, 0.15) is 42.1 Å². The van der Waals surface area contributed by atoms with Gasteiger partial charge < -0.3 is 13.9 Å². The average Bonchev–Trinajstić information content (AvgIpc) is 3.16. The summed E-state index contributed by atoms with van der Waals surface area (Å²) in [7, 11) is 1.67. The Morgan fingerprint density at radius 2 is 1.83 bits per heavy atom.